The zero-order valence-electron chi connectivity index (χ0n) is 14.6. The highest BCUT2D eigenvalue weighted by Crippen LogP contribution is 2.36. The highest BCUT2D eigenvalue weighted by molar-refractivity contribution is 6.02. The van der Waals surface area contributed by atoms with Crippen LogP contribution in [-0.2, 0) is 11.0 Å². The first-order valence-electron chi connectivity index (χ1n) is 8.40. The van der Waals surface area contributed by atoms with E-state index in [0.29, 0.717) is 5.75 Å². The number of hydrogen-bond donors (Lipinski definition) is 1. The molecular formula is C22H16F3NO2. The molecule has 0 unspecified atom stereocenters. The zero-order chi connectivity index (χ0) is 20.0. The van der Waals surface area contributed by atoms with Crippen molar-refractivity contribution in [2.24, 2.45) is 0 Å². The highest BCUT2D eigenvalue weighted by atomic mass is 19.4. The van der Waals surface area contributed by atoms with Crippen LogP contribution in [0.1, 0.15) is 11.1 Å². The van der Waals surface area contributed by atoms with Gasteiger partial charge in [-0.15, -0.1) is 0 Å². The van der Waals surface area contributed by atoms with Gasteiger partial charge in [-0.25, -0.2) is 0 Å². The van der Waals surface area contributed by atoms with Crippen LogP contribution in [0.5, 0.6) is 11.5 Å². The van der Waals surface area contributed by atoms with Crippen LogP contribution in [0.4, 0.5) is 18.9 Å². The van der Waals surface area contributed by atoms with E-state index in [4.69, 9.17) is 4.74 Å². The number of halogens is 3. The molecule has 3 nitrogen and oxygen atoms in total. The molecule has 0 aliphatic rings. The Kier molecular flexibility index (Phi) is 5.79. The summed E-state index contributed by atoms with van der Waals surface area (Å²) in [4.78, 5) is 12.2. The summed E-state index contributed by atoms with van der Waals surface area (Å²) in [6, 6.07) is 20.6. The van der Waals surface area contributed by atoms with Crippen molar-refractivity contribution >= 4 is 17.7 Å². The third kappa shape index (κ3) is 5.23. The Bertz CT molecular complexity index is 968. The normalized spacial score (nSPS) is 11.4. The van der Waals surface area contributed by atoms with Crippen molar-refractivity contribution < 1.29 is 22.7 Å². The molecule has 0 aliphatic heterocycles. The van der Waals surface area contributed by atoms with E-state index in [2.05, 4.69) is 5.32 Å². The Hall–Kier alpha value is -3.54. The first kappa shape index (κ1) is 19.2. The minimum absolute atomic E-state index is 0.0682. The fraction of sp³-hybridized carbons (Fsp3) is 0.0455. The molecular weight excluding hydrogens is 367 g/mol. The highest BCUT2D eigenvalue weighted by Gasteiger charge is 2.31. The molecule has 3 aromatic rings. The van der Waals surface area contributed by atoms with Crippen molar-refractivity contribution in [3.05, 3.63) is 96.1 Å². The van der Waals surface area contributed by atoms with E-state index in [9.17, 15) is 18.0 Å². The van der Waals surface area contributed by atoms with Gasteiger partial charge < -0.3 is 10.1 Å². The molecule has 3 aromatic carbocycles. The molecule has 1 amide bonds. The summed E-state index contributed by atoms with van der Waals surface area (Å²) in [5.74, 6) is -0.0145. The van der Waals surface area contributed by atoms with Crippen LogP contribution in [-0.4, -0.2) is 5.91 Å². The summed E-state index contributed by atoms with van der Waals surface area (Å²) < 4.78 is 44.8. The van der Waals surface area contributed by atoms with Crippen molar-refractivity contribution in [3.63, 3.8) is 0 Å². The molecule has 0 spiro atoms. The van der Waals surface area contributed by atoms with Gasteiger partial charge in [0.05, 0.1) is 11.3 Å². The minimum Gasteiger partial charge on any atom is -0.455 e. The van der Waals surface area contributed by atoms with E-state index in [0.717, 1.165) is 17.7 Å². The monoisotopic (exact) mass is 383 g/mol. The molecule has 0 aromatic heterocycles. The van der Waals surface area contributed by atoms with Crippen molar-refractivity contribution in [2.75, 3.05) is 5.32 Å². The lowest BCUT2D eigenvalue weighted by Gasteiger charge is -2.14. The van der Waals surface area contributed by atoms with Gasteiger partial charge in [0.2, 0.25) is 5.91 Å². The smallest absolute Gasteiger partial charge is 0.416 e. The first-order chi connectivity index (χ1) is 13.4. The lowest BCUT2D eigenvalue weighted by Crippen LogP contribution is -2.11. The number of nitrogens with one attached hydrogen (secondary N) is 1. The third-order valence-electron chi connectivity index (χ3n) is 3.76. The number of rotatable bonds is 5. The van der Waals surface area contributed by atoms with Crippen LogP contribution >= 0.6 is 0 Å². The summed E-state index contributed by atoms with van der Waals surface area (Å²) >= 11 is 0. The Balaban J connectivity index is 1.85. The molecule has 3 rings (SSSR count). The Morgan fingerprint density at radius 3 is 2.18 bits per heavy atom. The largest absolute Gasteiger partial charge is 0.455 e. The molecule has 0 aliphatic carbocycles. The molecule has 28 heavy (non-hydrogen) atoms. The van der Waals surface area contributed by atoms with Crippen molar-refractivity contribution in [2.45, 2.75) is 6.18 Å². The number of para-hydroxylation sites is 1. The van der Waals surface area contributed by atoms with Crippen LogP contribution in [0.2, 0.25) is 0 Å². The topological polar surface area (TPSA) is 38.3 Å². The quantitative estimate of drug-likeness (QED) is 0.537. The van der Waals surface area contributed by atoms with Crippen LogP contribution in [0.3, 0.4) is 0 Å². The summed E-state index contributed by atoms with van der Waals surface area (Å²) in [5.41, 5.74) is -0.154. The molecule has 0 radical (unpaired) electrons. The molecule has 1 N–H and O–H groups in total. The lowest BCUT2D eigenvalue weighted by molar-refractivity contribution is -0.137. The van der Waals surface area contributed by atoms with Gasteiger partial charge in [-0.1, -0.05) is 48.5 Å². The van der Waals surface area contributed by atoms with Crippen molar-refractivity contribution in [1.29, 1.82) is 0 Å². The Morgan fingerprint density at radius 1 is 0.893 bits per heavy atom. The second kappa shape index (κ2) is 8.43. The maximum Gasteiger partial charge on any atom is 0.416 e. The third-order valence-corrected chi connectivity index (χ3v) is 3.76. The SMILES string of the molecule is O=C(C=Cc1ccccc1)Nc1cc(C(F)(F)F)ccc1Oc1ccccc1. The van der Waals surface area contributed by atoms with Crippen LogP contribution < -0.4 is 10.1 Å². The molecule has 6 heteroatoms. The standard InChI is InChI=1S/C22H16F3NO2/c23-22(24,25)17-12-13-20(28-18-9-5-2-6-10-18)19(15-17)26-21(27)14-11-16-7-3-1-4-8-16/h1-15H,(H,26,27). The maximum absolute atomic E-state index is 13.1. The Labute approximate surface area is 160 Å². The molecule has 0 saturated carbocycles. The minimum atomic E-state index is -4.54. The number of anilines is 1. The van der Waals surface area contributed by atoms with Gasteiger partial charge in [0.1, 0.15) is 5.75 Å². The summed E-state index contributed by atoms with van der Waals surface area (Å²) in [7, 11) is 0. The zero-order valence-corrected chi connectivity index (χ0v) is 14.6. The lowest BCUT2D eigenvalue weighted by atomic mass is 10.1. The van der Waals surface area contributed by atoms with Crippen molar-refractivity contribution in [1.82, 2.24) is 0 Å². The Morgan fingerprint density at radius 2 is 1.54 bits per heavy atom. The van der Waals surface area contributed by atoms with E-state index in [1.807, 2.05) is 18.2 Å². The van der Waals surface area contributed by atoms with E-state index >= 15 is 0 Å². The van der Waals surface area contributed by atoms with Crippen LogP contribution in [0, 0.1) is 0 Å². The number of hydrogen-bond acceptors (Lipinski definition) is 2. The number of benzene rings is 3. The predicted octanol–water partition coefficient (Wildman–Crippen LogP) is 6.15. The van der Waals surface area contributed by atoms with Gasteiger partial charge in [0.25, 0.3) is 0 Å². The molecule has 0 heterocycles. The number of alkyl halides is 3. The van der Waals surface area contributed by atoms with E-state index in [-0.39, 0.29) is 11.4 Å². The van der Waals surface area contributed by atoms with Crippen LogP contribution in [0.15, 0.2) is 84.9 Å². The van der Waals surface area contributed by atoms with E-state index < -0.39 is 17.6 Å². The first-order valence-corrected chi connectivity index (χ1v) is 8.40. The average Bonchev–Trinajstić information content (AvgIpc) is 2.68. The predicted molar refractivity (Wildman–Crippen MR) is 102 cm³/mol. The second-order valence-corrected chi connectivity index (χ2v) is 5.86. The summed E-state index contributed by atoms with van der Waals surface area (Å²) in [5, 5.41) is 2.46. The van der Waals surface area contributed by atoms with Crippen LogP contribution in [0.25, 0.3) is 6.08 Å². The summed E-state index contributed by atoms with van der Waals surface area (Å²) in [6.07, 6.45) is -1.72. The van der Waals surface area contributed by atoms with Crippen molar-refractivity contribution in [3.8, 4) is 11.5 Å². The van der Waals surface area contributed by atoms with E-state index in [1.165, 1.54) is 12.1 Å². The average molecular weight is 383 g/mol. The van der Waals surface area contributed by atoms with Gasteiger partial charge in [0, 0.05) is 6.08 Å². The molecule has 142 valence electrons. The molecule has 0 bridgehead atoms. The fourth-order valence-corrected chi connectivity index (χ4v) is 2.42. The second-order valence-electron chi connectivity index (χ2n) is 5.86. The fourth-order valence-electron chi connectivity index (χ4n) is 2.42. The number of ether oxygens (including phenoxy) is 1. The van der Waals surface area contributed by atoms with Gasteiger partial charge in [0.15, 0.2) is 5.75 Å². The van der Waals surface area contributed by atoms with Gasteiger partial charge in [-0.05, 0) is 42.0 Å². The number of amides is 1. The number of carbonyl (C=O) groups is 1. The molecule has 0 saturated heterocycles. The number of carbonyl (C=O) groups excluding carboxylic acids is 1. The van der Waals surface area contributed by atoms with Gasteiger partial charge in [-0.3, -0.25) is 4.79 Å². The summed E-state index contributed by atoms with van der Waals surface area (Å²) in [6.45, 7) is 0. The maximum atomic E-state index is 13.1. The van der Waals surface area contributed by atoms with Gasteiger partial charge >= 0.3 is 6.18 Å². The van der Waals surface area contributed by atoms with Gasteiger partial charge in [-0.2, -0.15) is 13.2 Å². The van der Waals surface area contributed by atoms with E-state index in [1.54, 1.807) is 48.5 Å². The molecule has 0 atom stereocenters. The molecule has 0 fully saturated rings.